The highest BCUT2D eigenvalue weighted by molar-refractivity contribution is 5.99. The fourth-order valence-corrected chi connectivity index (χ4v) is 4.75. The first-order valence-corrected chi connectivity index (χ1v) is 11.3. The van der Waals surface area contributed by atoms with Crippen molar-refractivity contribution >= 4 is 32.7 Å². The number of hydrogen-bond acceptors (Lipinski definition) is 3. The average molecular weight is 432 g/mol. The molecule has 0 fully saturated rings. The Morgan fingerprint density at radius 1 is 0.758 bits per heavy atom. The number of aromatic nitrogens is 1. The monoisotopic (exact) mass is 431 g/mol. The molecule has 0 amide bonds. The van der Waals surface area contributed by atoms with Gasteiger partial charge in [0.2, 0.25) is 0 Å². The molecule has 0 aliphatic rings. The van der Waals surface area contributed by atoms with Crippen molar-refractivity contribution in [2.75, 3.05) is 0 Å². The number of aryl methyl sites for hydroxylation is 1. The lowest BCUT2D eigenvalue weighted by molar-refractivity contribution is 0.567. The molecule has 0 aliphatic heterocycles. The molecule has 0 atom stereocenters. The second kappa shape index (κ2) is 7.08. The summed E-state index contributed by atoms with van der Waals surface area (Å²) in [6, 6.07) is 25.1. The highest BCUT2D eigenvalue weighted by Crippen LogP contribution is 2.41. The van der Waals surface area contributed by atoms with Crippen LogP contribution in [0.25, 0.3) is 55.5 Å². The molecule has 3 aromatic heterocycles. The van der Waals surface area contributed by atoms with E-state index in [1.807, 2.05) is 36.5 Å². The zero-order valence-corrected chi connectivity index (χ0v) is 19.3. The van der Waals surface area contributed by atoms with Crippen molar-refractivity contribution in [2.45, 2.75) is 33.1 Å². The lowest BCUT2D eigenvalue weighted by Crippen LogP contribution is -2.12. The summed E-state index contributed by atoms with van der Waals surface area (Å²) in [5, 5.41) is 4.61. The van der Waals surface area contributed by atoms with E-state index in [1.54, 1.807) is 0 Å². The SMILES string of the molecule is Cc1c(-c2cc3ccccc3o2)oc2c(-c3cc(C(C)(C)C)c4ccccc4c3)nccc12. The number of hydrogen-bond donors (Lipinski definition) is 0. The fourth-order valence-electron chi connectivity index (χ4n) is 4.75. The van der Waals surface area contributed by atoms with Crippen LogP contribution in [0, 0.1) is 6.92 Å². The van der Waals surface area contributed by atoms with Crippen molar-refractivity contribution in [1.82, 2.24) is 4.98 Å². The summed E-state index contributed by atoms with van der Waals surface area (Å²) in [6.45, 7) is 8.84. The minimum Gasteiger partial charge on any atom is -0.453 e. The number of pyridine rings is 1. The Bertz CT molecular complexity index is 1630. The van der Waals surface area contributed by atoms with Crippen LogP contribution in [0.3, 0.4) is 0 Å². The van der Waals surface area contributed by atoms with Crippen molar-refractivity contribution in [3.8, 4) is 22.8 Å². The smallest absolute Gasteiger partial charge is 0.173 e. The van der Waals surface area contributed by atoms with Gasteiger partial charge in [0.25, 0.3) is 0 Å². The van der Waals surface area contributed by atoms with Gasteiger partial charge < -0.3 is 8.83 Å². The minimum absolute atomic E-state index is 0.00201. The van der Waals surface area contributed by atoms with Crippen molar-refractivity contribution in [1.29, 1.82) is 0 Å². The lowest BCUT2D eigenvalue weighted by atomic mass is 9.82. The molecule has 162 valence electrons. The maximum absolute atomic E-state index is 6.48. The van der Waals surface area contributed by atoms with Crippen LogP contribution >= 0.6 is 0 Å². The van der Waals surface area contributed by atoms with Gasteiger partial charge in [-0.25, -0.2) is 0 Å². The van der Waals surface area contributed by atoms with E-state index in [0.29, 0.717) is 0 Å². The second-order valence-electron chi connectivity index (χ2n) is 9.74. The first kappa shape index (κ1) is 19.8. The topological polar surface area (TPSA) is 39.2 Å². The first-order chi connectivity index (χ1) is 15.9. The number of para-hydroxylation sites is 1. The highest BCUT2D eigenvalue weighted by atomic mass is 16.4. The molecule has 6 aromatic rings. The summed E-state index contributed by atoms with van der Waals surface area (Å²) in [6.07, 6.45) is 1.87. The average Bonchev–Trinajstić information content (AvgIpc) is 3.38. The maximum atomic E-state index is 6.48. The number of fused-ring (bicyclic) bond motifs is 3. The Morgan fingerprint density at radius 3 is 2.30 bits per heavy atom. The third-order valence-electron chi connectivity index (χ3n) is 6.45. The molecule has 0 spiro atoms. The number of nitrogens with zero attached hydrogens (tertiary/aromatic N) is 1. The largest absolute Gasteiger partial charge is 0.453 e. The lowest BCUT2D eigenvalue weighted by Gasteiger charge is -2.22. The van der Waals surface area contributed by atoms with Crippen LogP contribution in [0.15, 0.2) is 87.8 Å². The minimum atomic E-state index is 0.00201. The third kappa shape index (κ3) is 3.15. The van der Waals surface area contributed by atoms with E-state index in [-0.39, 0.29) is 5.41 Å². The normalized spacial score (nSPS) is 12.2. The first-order valence-electron chi connectivity index (χ1n) is 11.3. The van der Waals surface area contributed by atoms with Crippen molar-refractivity contribution in [2.24, 2.45) is 0 Å². The van der Waals surface area contributed by atoms with Crippen LogP contribution in [0.1, 0.15) is 31.9 Å². The molecule has 0 N–H and O–H groups in total. The molecule has 33 heavy (non-hydrogen) atoms. The molecule has 3 heterocycles. The Kier molecular flexibility index (Phi) is 4.25. The van der Waals surface area contributed by atoms with Gasteiger partial charge in [-0.05, 0) is 59.0 Å². The van der Waals surface area contributed by atoms with Gasteiger partial charge in [0.05, 0.1) is 0 Å². The molecule has 0 radical (unpaired) electrons. The summed E-state index contributed by atoms with van der Waals surface area (Å²) in [4.78, 5) is 4.77. The zero-order chi connectivity index (χ0) is 22.7. The molecule has 0 unspecified atom stereocenters. The van der Waals surface area contributed by atoms with Gasteiger partial charge in [0, 0.05) is 28.1 Å². The van der Waals surface area contributed by atoms with E-state index in [1.165, 1.54) is 16.3 Å². The Hall–Kier alpha value is -3.85. The van der Waals surface area contributed by atoms with Gasteiger partial charge in [-0.2, -0.15) is 0 Å². The predicted molar refractivity (Wildman–Crippen MR) is 136 cm³/mol. The standard InChI is InChI=1S/C30H25NO2/c1-18-22-13-14-31-27(21-15-19-9-5-7-11-23(19)24(16-21)30(2,3)4)29(22)33-28(18)26-17-20-10-6-8-12-25(20)32-26/h5-17H,1-4H3. The van der Waals surface area contributed by atoms with Crippen LogP contribution in [-0.2, 0) is 5.41 Å². The zero-order valence-electron chi connectivity index (χ0n) is 19.3. The Labute approximate surface area is 192 Å². The Balaban J connectivity index is 1.60. The number of furan rings is 2. The van der Waals surface area contributed by atoms with Crippen molar-refractivity contribution in [3.63, 3.8) is 0 Å². The van der Waals surface area contributed by atoms with E-state index in [4.69, 9.17) is 13.8 Å². The van der Waals surface area contributed by atoms with Crippen LogP contribution in [0.4, 0.5) is 0 Å². The van der Waals surface area contributed by atoms with E-state index in [0.717, 1.165) is 50.3 Å². The molecule has 6 rings (SSSR count). The summed E-state index contributed by atoms with van der Waals surface area (Å²) >= 11 is 0. The summed E-state index contributed by atoms with van der Waals surface area (Å²) in [5.74, 6) is 1.50. The van der Waals surface area contributed by atoms with Crippen LogP contribution in [0.2, 0.25) is 0 Å². The number of benzene rings is 3. The van der Waals surface area contributed by atoms with Gasteiger partial charge in [0.1, 0.15) is 11.3 Å². The summed E-state index contributed by atoms with van der Waals surface area (Å²) < 4.78 is 12.6. The maximum Gasteiger partial charge on any atom is 0.173 e. The van der Waals surface area contributed by atoms with Crippen LogP contribution in [0.5, 0.6) is 0 Å². The molecular weight excluding hydrogens is 406 g/mol. The van der Waals surface area contributed by atoms with Gasteiger partial charge in [-0.15, -0.1) is 0 Å². The molecule has 0 aliphatic carbocycles. The Morgan fingerprint density at radius 2 is 1.52 bits per heavy atom. The summed E-state index contributed by atoms with van der Waals surface area (Å²) in [5.41, 5.74) is 5.93. The molecule has 0 saturated carbocycles. The van der Waals surface area contributed by atoms with Gasteiger partial charge in [-0.1, -0.05) is 63.2 Å². The van der Waals surface area contributed by atoms with Gasteiger partial charge in [0.15, 0.2) is 17.1 Å². The molecule has 0 bridgehead atoms. The van der Waals surface area contributed by atoms with Crippen LogP contribution < -0.4 is 0 Å². The van der Waals surface area contributed by atoms with Gasteiger partial charge in [-0.3, -0.25) is 4.98 Å². The second-order valence-corrected chi connectivity index (χ2v) is 9.74. The predicted octanol–water partition coefficient (Wildman–Crippen LogP) is 8.67. The quantitative estimate of drug-likeness (QED) is 0.275. The van der Waals surface area contributed by atoms with Crippen molar-refractivity contribution < 1.29 is 8.83 Å². The fraction of sp³-hybridized carbons (Fsp3) is 0.167. The van der Waals surface area contributed by atoms with Crippen molar-refractivity contribution in [3.05, 3.63) is 90.1 Å². The molecule has 3 heteroatoms. The van der Waals surface area contributed by atoms with E-state index in [2.05, 4.69) is 70.2 Å². The molecule has 3 aromatic carbocycles. The third-order valence-corrected chi connectivity index (χ3v) is 6.45. The van der Waals surface area contributed by atoms with E-state index in [9.17, 15) is 0 Å². The highest BCUT2D eigenvalue weighted by Gasteiger charge is 2.22. The molecular formula is C30H25NO2. The number of rotatable bonds is 2. The molecule has 3 nitrogen and oxygen atoms in total. The summed E-state index contributed by atoms with van der Waals surface area (Å²) in [7, 11) is 0. The van der Waals surface area contributed by atoms with Gasteiger partial charge >= 0.3 is 0 Å². The van der Waals surface area contributed by atoms with E-state index < -0.39 is 0 Å². The van der Waals surface area contributed by atoms with E-state index >= 15 is 0 Å². The van der Waals surface area contributed by atoms with Crippen LogP contribution in [-0.4, -0.2) is 4.98 Å². The molecule has 0 saturated heterocycles.